The largest absolute Gasteiger partial charge is 0.448 e. The zero-order valence-corrected chi connectivity index (χ0v) is 10.4. The Labute approximate surface area is 111 Å². The lowest BCUT2D eigenvalue weighted by molar-refractivity contribution is -0.144. The van der Waals surface area contributed by atoms with E-state index < -0.39 is 12.1 Å². The minimum absolute atomic E-state index is 0.283. The third kappa shape index (κ3) is 3.25. The number of pyridine rings is 1. The molecule has 0 saturated heterocycles. The molecular weight excluding hydrogens is 242 g/mol. The van der Waals surface area contributed by atoms with Crippen LogP contribution in [-0.4, -0.2) is 16.7 Å². The van der Waals surface area contributed by atoms with E-state index in [1.165, 1.54) is 6.92 Å². The second kappa shape index (κ2) is 5.91. The molecule has 1 heterocycles. The van der Waals surface area contributed by atoms with E-state index >= 15 is 0 Å². The van der Waals surface area contributed by atoms with Crippen molar-refractivity contribution in [2.75, 3.05) is 0 Å². The van der Waals surface area contributed by atoms with Crippen LogP contribution in [-0.2, 0) is 9.53 Å². The van der Waals surface area contributed by atoms with E-state index in [-0.39, 0.29) is 5.78 Å². The molecule has 1 aromatic carbocycles. The summed E-state index contributed by atoms with van der Waals surface area (Å²) in [6.45, 7) is 1.27. The maximum atomic E-state index is 12.4. The lowest BCUT2D eigenvalue weighted by atomic mass is 10.0. The molecule has 0 radical (unpaired) electrons. The molecule has 4 heteroatoms. The summed E-state index contributed by atoms with van der Waals surface area (Å²) >= 11 is 0. The van der Waals surface area contributed by atoms with Crippen LogP contribution >= 0.6 is 0 Å². The van der Waals surface area contributed by atoms with Crippen molar-refractivity contribution in [1.82, 2.24) is 4.98 Å². The van der Waals surface area contributed by atoms with E-state index in [1.807, 2.05) is 6.07 Å². The average Bonchev–Trinajstić information content (AvgIpc) is 2.46. The predicted octanol–water partition coefficient (Wildman–Crippen LogP) is 2.57. The van der Waals surface area contributed by atoms with E-state index in [0.717, 1.165) is 0 Å². The Morgan fingerprint density at radius 3 is 2.32 bits per heavy atom. The van der Waals surface area contributed by atoms with Crippen molar-refractivity contribution in [3.05, 3.63) is 66.0 Å². The van der Waals surface area contributed by atoms with Crippen LogP contribution in [0.15, 0.2) is 54.7 Å². The van der Waals surface area contributed by atoms with Crippen LogP contribution in [0.3, 0.4) is 0 Å². The molecule has 1 aromatic heterocycles. The first kappa shape index (κ1) is 13.0. The van der Waals surface area contributed by atoms with E-state index in [9.17, 15) is 9.59 Å². The quantitative estimate of drug-likeness (QED) is 0.622. The lowest BCUT2D eigenvalue weighted by Crippen LogP contribution is -2.19. The molecule has 0 aliphatic heterocycles. The SMILES string of the molecule is CC(=O)OC(C(=O)c1ccccc1)c1ccccn1. The van der Waals surface area contributed by atoms with Crippen molar-refractivity contribution < 1.29 is 14.3 Å². The molecule has 0 saturated carbocycles. The zero-order chi connectivity index (χ0) is 13.7. The number of esters is 1. The highest BCUT2D eigenvalue weighted by Crippen LogP contribution is 2.20. The first-order valence-electron chi connectivity index (χ1n) is 5.86. The Bertz CT molecular complexity index is 566. The van der Waals surface area contributed by atoms with Gasteiger partial charge in [0.05, 0.1) is 5.69 Å². The molecule has 96 valence electrons. The van der Waals surface area contributed by atoms with Gasteiger partial charge in [0.15, 0.2) is 0 Å². The molecule has 0 amide bonds. The summed E-state index contributed by atoms with van der Waals surface area (Å²) in [5, 5.41) is 0. The van der Waals surface area contributed by atoms with Gasteiger partial charge in [0.25, 0.3) is 0 Å². The molecule has 1 unspecified atom stereocenters. The average molecular weight is 255 g/mol. The molecule has 1 atom stereocenters. The summed E-state index contributed by atoms with van der Waals surface area (Å²) in [5.41, 5.74) is 0.908. The number of carbonyl (C=O) groups is 2. The van der Waals surface area contributed by atoms with Gasteiger partial charge in [-0.2, -0.15) is 0 Å². The van der Waals surface area contributed by atoms with Crippen LogP contribution in [0.4, 0.5) is 0 Å². The molecule has 0 aliphatic rings. The molecule has 0 spiro atoms. The predicted molar refractivity (Wildman–Crippen MR) is 69.5 cm³/mol. The summed E-state index contributed by atoms with van der Waals surface area (Å²) < 4.78 is 5.10. The van der Waals surface area contributed by atoms with Crippen molar-refractivity contribution in [1.29, 1.82) is 0 Å². The second-order valence-electron chi connectivity index (χ2n) is 3.97. The van der Waals surface area contributed by atoms with Crippen LogP contribution in [0.2, 0.25) is 0 Å². The number of rotatable bonds is 4. The van der Waals surface area contributed by atoms with Gasteiger partial charge in [-0.1, -0.05) is 36.4 Å². The number of nitrogens with zero attached hydrogens (tertiary/aromatic N) is 1. The van der Waals surface area contributed by atoms with Crippen molar-refractivity contribution in [3.8, 4) is 0 Å². The highest BCUT2D eigenvalue weighted by Gasteiger charge is 2.25. The molecule has 2 aromatic rings. The monoisotopic (exact) mass is 255 g/mol. The Morgan fingerprint density at radius 1 is 1.05 bits per heavy atom. The summed E-state index contributed by atoms with van der Waals surface area (Å²) in [5.74, 6) is -0.797. The van der Waals surface area contributed by atoms with Gasteiger partial charge >= 0.3 is 5.97 Å². The van der Waals surface area contributed by atoms with Crippen LogP contribution in [0.5, 0.6) is 0 Å². The Balaban J connectivity index is 2.33. The number of ether oxygens (including phenoxy) is 1. The van der Waals surface area contributed by atoms with Gasteiger partial charge in [0.1, 0.15) is 0 Å². The Morgan fingerprint density at radius 2 is 1.74 bits per heavy atom. The van der Waals surface area contributed by atoms with E-state index in [2.05, 4.69) is 4.98 Å². The molecule has 0 N–H and O–H groups in total. The van der Waals surface area contributed by atoms with Gasteiger partial charge in [0, 0.05) is 18.7 Å². The Hall–Kier alpha value is -2.49. The van der Waals surface area contributed by atoms with Gasteiger partial charge in [-0.15, -0.1) is 0 Å². The van der Waals surface area contributed by atoms with Gasteiger partial charge < -0.3 is 4.74 Å². The number of carbonyl (C=O) groups excluding carboxylic acids is 2. The smallest absolute Gasteiger partial charge is 0.303 e. The highest BCUT2D eigenvalue weighted by atomic mass is 16.5. The van der Waals surface area contributed by atoms with Crippen LogP contribution in [0, 0.1) is 0 Å². The molecule has 0 fully saturated rings. The number of hydrogen-bond acceptors (Lipinski definition) is 4. The zero-order valence-electron chi connectivity index (χ0n) is 10.4. The molecule has 0 aliphatic carbocycles. The third-order valence-corrected chi connectivity index (χ3v) is 2.54. The third-order valence-electron chi connectivity index (χ3n) is 2.54. The van der Waals surface area contributed by atoms with Gasteiger partial charge in [-0.25, -0.2) is 0 Å². The summed E-state index contributed by atoms with van der Waals surface area (Å²) in [6, 6.07) is 13.8. The molecule has 4 nitrogen and oxygen atoms in total. The lowest BCUT2D eigenvalue weighted by Gasteiger charge is -2.15. The van der Waals surface area contributed by atoms with Crippen molar-refractivity contribution in [2.24, 2.45) is 0 Å². The number of ketones is 1. The molecular formula is C15H13NO3. The normalized spacial score (nSPS) is 11.6. The fourth-order valence-corrected chi connectivity index (χ4v) is 1.70. The fourth-order valence-electron chi connectivity index (χ4n) is 1.70. The van der Waals surface area contributed by atoms with Crippen LogP contribution in [0.25, 0.3) is 0 Å². The summed E-state index contributed by atoms with van der Waals surface area (Å²) in [4.78, 5) is 27.6. The minimum atomic E-state index is -0.999. The number of Topliss-reactive ketones (excluding diaryl/α,β-unsaturated/α-hetero) is 1. The number of hydrogen-bond donors (Lipinski definition) is 0. The first-order valence-corrected chi connectivity index (χ1v) is 5.86. The Kier molecular flexibility index (Phi) is 4.03. The number of aromatic nitrogens is 1. The minimum Gasteiger partial charge on any atom is -0.448 e. The summed E-state index contributed by atoms with van der Waals surface area (Å²) in [7, 11) is 0. The van der Waals surface area contributed by atoms with Crippen molar-refractivity contribution in [3.63, 3.8) is 0 Å². The fraction of sp³-hybridized carbons (Fsp3) is 0.133. The molecule has 2 rings (SSSR count). The van der Waals surface area contributed by atoms with Gasteiger partial charge in [-0.3, -0.25) is 14.6 Å². The van der Waals surface area contributed by atoms with Crippen LogP contribution < -0.4 is 0 Å². The van der Waals surface area contributed by atoms with E-state index in [0.29, 0.717) is 11.3 Å². The van der Waals surface area contributed by atoms with Gasteiger partial charge in [0.2, 0.25) is 11.9 Å². The van der Waals surface area contributed by atoms with Crippen molar-refractivity contribution in [2.45, 2.75) is 13.0 Å². The van der Waals surface area contributed by atoms with E-state index in [1.54, 1.807) is 48.7 Å². The first-order chi connectivity index (χ1) is 9.18. The van der Waals surface area contributed by atoms with Gasteiger partial charge in [-0.05, 0) is 12.1 Å². The maximum Gasteiger partial charge on any atom is 0.303 e. The second-order valence-corrected chi connectivity index (χ2v) is 3.97. The van der Waals surface area contributed by atoms with E-state index in [4.69, 9.17) is 4.74 Å². The number of benzene rings is 1. The topological polar surface area (TPSA) is 56.3 Å². The van der Waals surface area contributed by atoms with Crippen LogP contribution in [0.1, 0.15) is 29.1 Å². The summed E-state index contributed by atoms with van der Waals surface area (Å²) in [6.07, 6.45) is 0.561. The molecule has 19 heavy (non-hydrogen) atoms. The maximum absolute atomic E-state index is 12.4. The van der Waals surface area contributed by atoms with Crippen molar-refractivity contribution >= 4 is 11.8 Å². The highest BCUT2D eigenvalue weighted by molar-refractivity contribution is 6.00. The molecule has 0 bridgehead atoms. The standard InChI is InChI=1S/C15H13NO3/c1-11(17)19-15(13-9-5-6-10-16-13)14(18)12-7-3-2-4-8-12/h2-10,15H,1H3.